The minimum Gasteiger partial charge on any atom is -0.379 e. The number of hydrogen-bond acceptors (Lipinski definition) is 4. The number of amides is 1. The molecule has 1 aromatic rings. The summed E-state index contributed by atoms with van der Waals surface area (Å²) in [7, 11) is 0. The Balaban J connectivity index is 0.00000242. The van der Waals surface area contributed by atoms with Gasteiger partial charge in [-0.1, -0.05) is 26.0 Å². The van der Waals surface area contributed by atoms with Crippen LogP contribution in [-0.4, -0.2) is 43.2 Å². The van der Waals surface area contributed by atoms with E-state index in [0.29, 0.717) is 0 Å². The zero-order chi connectivity index (χ0) is 15.2. The molecule has 1 saturated heterocycles. The van der Waals surface area contributed by atoms with Gasteiger partial charge in [-0.3, -0.25) is 9.69 Å². The minimum atomic E-state index is -0.474. The Hall–Kier alpha value is -0.850. The topological polar surface area (TPSA) is 67.6 Å². The lowest BCUT2D eigenvalue weighted by atomic mass is 10.0. The van der Waals surface area contributed by atoms with Crippen LogP contribution in [0.15, 0.2) is 24.3 Å². The van der Waals surface area contributed by atoms with Gasteiger partial charge in [0.25, 0.3) is 0 Å². The molecule has 0 unspecified atom stereocenters. The van der Waals surface area contributed by atoms with Crippen molar-refractivity contribution in [1.82, 2.24) is 4.90 Å². The largest absolute Gasteiger partial charge is 0.379 e. The van der Waals surface area contributed by atoms with Gasteiger partial charge in [0.1, 0.15) is 0 Å². The van der Waals surface area contributed by atoms with Crippen molar-refractivity contribution in [3.8, 4) is 0 Å². The predicted octanol–water partition coefficient (Wildman–Crippen LogP) is 2.28. The van der Waals surface area contributed by atoms with Crippen molar-refractivity contribution in [3.63, 3.8) is 0 Å². The van der Waals surface area contributed by atoms with E-state index in [-0.39, 0.29) is 36.6 Å². The molecule has 2 rings (SSSR count). The maximum atomic E-state index is 11.9. The Labute approximate surface area is 150 Å². The molecule has 7 heteroatoms. The van der Waals surface area contributed by atoms with Crippen LogP contribution in [0.25, 0.3) is 0 Å². The Bertz CT molecular complexity index is 463. The third-order valence-electron chi connectivity index (χ3n) is 3.75. The Morgan fingerprint density at radius 2 is 1.78 bits per heavy atom. The molecule has 0 radical (unpaired) electrons. The van der Waals surface area contributed by atoms with Gasteiger partial charge >= 0.3 is 0 Å². The van der Waals surface area contributed by atoms with Crippen LogP contribution in [0.2, 0.25) is 0 Å². The number of rotatable bonds is 5. The highest BCUT2D eigenvalue weighted by molar-refractivity contribution is 5.94. The van der Waals surface area contributed by atoms with Crippen LogP contribution < -0.4 is 11.1 Å². The molecular formula is C16H27Cl2N3O2. The maximum absolute atomic E-state index is 11.9. The average molecular weight is 364 g/mol. The number of hydrogen-bond donors (Lipinski definition) is 2. The highest BCUT2D eigenvalue weighted by atomic mass is 35.5. The number of halogens is 2. The normalized spacial score (nSPS) is 16.2. The summed E-state index contributed by atoms with van der Waals surface area (Å²) in [5, 5.41) is 2.86. The molecule has 0 saturated carbocycles. The van der Waals surface area contributed by atoms with Crippen LogP contribution >= 0.6 is 24.8 Å². The molecule has 1 fully saturated rings. The number of nitrogens with two attached hydrogens (primary N) is 1. The molecule has 132 valence electrons. The minimum absolute atomic E-state index is 0. The van der Waals surface area contributed by atoms with Crippen molar-refractivity contribution in [1.29, 1.82) is 0 Å². The number of anilines is 1. The van der Waals surface area contributed by atoms with E-state index >= 15 is 0 Å². The van der Waals surface area contributed by atoms with E-state index in [1.807, 2.05) is 38.1 Å². The lowest BCUT2D eigenvalue weighted by Gasteiger charge is -2.26. The SMILES string of the molecule is CC(C)[C@@H](N)C(=O)Nc1ccc(CN2CCOCC2)cc1.Cl.Cl. The standard InChI is InChI=1S/C16H25N3O2.2ClH/c1-12(2)15(17)16(20)18-14-5-3-13(4-6-14)11-19-7-9-21-10-8-19;;/h3-6,12,15H,7-11,17H2,1-2H3,(H,18,20);2*1H/t15-;;/m1../s1. The van der Waals surface area contributed by atoms with E-state index in [9.17, 15) is 4.79 Å². The summed E-state index contributed by atoms with van der Waals surface area (Å²) >= 11 is 0. The van der Waals surface area contributed by atoms with Crippen LogP contribution in [0.1, 0.15) is 19.4 Å². The second-order valence-electron chi connectivity index (χ2n) is 5.84. The fourth-order valence-corrected chi connectivity index (χ4v) is 2.24. The first-order chi connectivity index (χ1) is 10.1. The van der Waals surface area contributed by atoms with Gasteiger partial charge in [-0.2, -0.15) is 0 Å². The maximum Gasteiger partial charge on any atom is 0.241 e. The zero-order valence-corrected chi connectivity index (χ0v) is 15.3. The van der Waals surface area contributed by atoms with Crippen LogP contribution in [-0.2, 0) is 16.1 Å². The van der Waals surface area contributed by atoms with Crippen molar-refractivity contribution in [2.45, 2.75) is 26.4 Å². The summed E-state index contributed by atoms with van der Waals surface area (Å²) in [6.07, 6.45) is 0. The van der Waals surface area contributed by atoms with E-state index in [1.165, 1.54) is 5.56 Å². The van der Waals surface area contributed by atoms with Crippen molar-refractivity contribution in [2.75, 3.05) is 31.6 Å². The van der Waals surface area contributed by atoms with Gasteiger partial charge in [0, 0.05) is 25.3 Å². The Morgan fingerprint density at radius 1 is 1.22 bits per heavy atom. The van der Waals surface area contributed by atoms with E-state index in [1.54, 1.807) is 0 Å². The van der Waals surface area contributed by atoms with Crippen LogP contribution in [0.5, 0.6) is 0 Å². The molecular weight excluding hydrogens is 337 g/mol. The van der Waals surface area contributed by atoms with Crippen molar-refractivity contribution in [2.24, 2.45) is 11.7 Å². The molecule has 0 aliphatic carbocycles. The third kappa shape index (κ3) is 7.06. The molecule has 1 heterocycles. The number of morpholine rings is 1. The summed E-state index contributed by atoms with van der Waals surface area (Å²) in [5.74, 6) is -0.00322. The van der Waals surface area contributed by atoms with Crippen molar-refractivity contribution < 1.29 is 9.53 Å². The van der Waals surface area contributed by atoms with E-state index in [2.05, 4.69) is 10.2 Å². The number of nitrogens with one attached hydrogen (secondary N) is 1. The second kappa shape index (κ2) is 10.8. The molecule has 5 nitrogen and oxygen atoms in total. The molecule has 0 spiro atoms. The molecule has 1 amide bonds. The number of carbonyl (C=O) groups is 1. The fraction of sp³-hybridized carbons (Fsp3) is 0.562. The molecule has 1 aliphatic heterocycles. The summed E-state index contributed by atoms with van der Waals surface area (Å²) in [5.41, 5.74) is 7.86. The van der Waals surface area contributed by atoms with Gasteiger partial charge in [0.2, 0.25) is 5.91 Å². The zero-order valence-electron chi connectivity index (χ0n) is 13.7. The van der Waals surface area contributed by atoms with Crippen LogP contribution in [0, 0.1) is 5.92 Å². The van der Waals surface area contributed by atoms with Gasteiger partial charge in [-0.25, -0.2) is 0 Å². The highest BCUT2D eigenvalue weighted by Gasteiger charge is 2.17. The fourth-order valence-electron chi connectivity index (χ4n) is 2.24. The highest BCUT2D eigenvalue weighted by Crippen LogP contribution is 2.13. The van der Waals surface area contributed by atoms with Gasteiger partial charge < -0.3 is 15.8 Å². The lowest BCUT2D eigenvalue weighted by molar-refractivity contribution is -0.118. The average Bonchev–Trinajstić information content (AvgIpc) is 2.49. The second-order valence-corrected chi connectivity index (χ2v) is 5.84. The molecule has 3 N–H and O–H groups in total. The lowest BCUT2D eigenvalue weighted by Crippen LogP contribution is -2.39. The molecule has 0 aromatic heterocycles. The third-order valence-corrected chi connectivity index (χ3v) is 3.75. The first-order valence-corrected chi connectivity index (χ1v) is 7.52. The first-order valence-electron chi connectivity index (χ1n) is 7.52. The summed E-state index contributed by atoms with van der Waals surface area (Å²) in [4.78, 5) is 14.3. The molecule has 0 bridgehead atoms. The molecule has 1 atom stereocenters. The molecule has 1 aliphatic rings. The van der Waals surface area contributed by atoms with E-state index in [4.69, 9.17) is 10.5 Å². The van der Waals surface area contributed by atoms with Gasteiger partial charge in [-0.15, -0.1) is 24.8 Å². The van der Waals surface area contributed by atoms with Crippen molar-refractivity contribution >= 4 is 36.4 Å². The number of benzene rings is 1. The number of carbonyl (C=O) groups excluding carboxylic acids is 1. The first kappa shape index (κ1) is 22.1. The van der Waals surface area contributed by atoms with Crippen LogP contribution in [0.3, 0.4) is 0 Å². The Morgan fingerprint density at radius 3 is 2.30 bits per heavy atom. The predicted molar refractivity (Wildman–Crippen MR) is 98.5 cm³/mol. The summed E-state index contributed by atoms with van der Waals surface area (Å²) < 4.78 is 5.34. The van der Waals surface area contributed by atoms with Gasteiger partial charge in [0.15, 0.2) is 0 Å². The quantitative estimate of drug-likeness (QED) is 0.841. The monoisotopic (exact) mass is 363 g/mol. The number of ether oxygens (including phenoxy) is 1. The summed E-state index contributed by atoms with van der Waals surface area (Å²) in [6, 6.07) is 7.48. The van der Waals surface area contributed by atoms with Gasteiger partial charge in [-0.05, 0) is 23.6 Å². The molecule has 1 aromatic carbocycles. The van der Waals surface area contributed by atoms with Crippen molar-refractivity contribution in [3.05, 3.63) is 29.8 Å². The number of nitrogens with zero attached hydrogens (tertiary/aromatic N) is 1. The molecule has 23 heavy (non-hydrogen) atoms. The van der Waals surface area contributed by atoms with E-state index in [0.717, 1.165) is 38.5 Å². The van der Waals surface area contributed by atoms with Crippen LogP contribution in [0.4, 0.5) is 5.69 Å². The Kier molecular flexibility index (Phi) is 10.4. The summed E-state index contributed by atoms with van der Waals surface area (Å²) in [6.45, 7) is 8.36. The van der Waals surface area contributed by atoms with E-state index < -0.39 is 6.04 Å². The van der Waals surface area contributed by atoms with Gasteiger partial charge in [0.05, 0.1) is 19.3 Å². The smallest absolute Gasteiger partial charge is 0.241 e.